The van der Waals surface area contributed by atoms with Gasteiger partial charge >= 0.3 is 0 Å². The van der Waals surface area contributed by atoms with Crippen LogP contribution in [-0.4, -0.2) is 51.8 Å². The summed E-state index contributed by atoms with van der Waals surface area (Å²) in [5.74, 6) is 0.243. The highest BCUT2D eigenvalue weighted by molar-refractivity contribution is 7.90. The molecule has 0 spiro atoms. The summed E-state index contributed by atoms with van der Waals surface area (Å²) in [5, 5.41) is 3.68. The van der Waals surface area contributed by atoms with E-state index in [2.05, 4.69) is 10.2 Å². The van der Waals surface area contributed by atoms with E-state index in [9.17, 15) is 12.8 Å². The SMILES string of the molecule is CS(=O)(=O)c1ccc(O[C@H]2c3cc(Cl)cc(F)c3C[C@@H]2N2CCNCC2)cc1. The summed E-state index contributed by atoms with van der Waals surface area (Å²) < 4.78 is 44.2. The number of benzene rings is 2. The van der Waals surface area contributed by atoms with E-state index in [0.717, 1.165) is 31.7 Å². The minimum Gasteiger partial charge on any atom is -0.484 e. The van der Waals surface area contributed by atoms with Crippen molar-refractivity contribution in [1.82, 2.24) is 10.2 Å². The quantitative estimate of drug-likeness (QED) is 0.817. The van der Waals surface area contributed by atoms with Gasteiger partial charge in [-0.1, -0.05) is 11.6 Å². The first-order valence-corrected chi connectivity index (χ1v) is 11.5. The zero-order valence-corrected chi connectivity index (χ0v) is 17.1. The third kappa shape index (κ3) is 3.89. The first-order chi connectivity index (χ1) is 13.3. The molecule has 0 unspecified atom stereocenters. The average molecular weight is 425 g/mol. The van der Waals surface area contributed by atoms with Crippen LogP contribution in [0.25, 0.3) is 0 Å². The lowest BCUT2D eigenvalue weighted by atomic mass is 10.1. The second kappa shape index (κ2) is 7.63. The molecular weight excluding hydrogens is 403 g/mol. The Balaban J connectivity index is 1.67. The van der Waals surface area contributed by atoms with Crippen LogP contribution in [0.3, 0.4) is 0 Å². The van der Waals surface area contributed by atoms with Gasteiger partial charge < -0.3 is 10.1 Å². The number of hydrogen-bond donors (Lipinski definition) is 1. The van der Waals surface area contributed by atoms with Crippen LogP contribution in [0.15, 0.2) is 41.3 Å². The Hall–Kier alpha value is -1.67. The fourth-order valence-electron chi connectivity index (χ4n) is 4.00. The minimum atomic E-state index is -3.27. The van der Waals surface area contributed by atoms with Gasteiger partial charge in [0.05, 0.1) is 10.9 Å². The number of ether oxygens (including phenoxy) is 1. The summed E-state index contributed by atoms with van der Waals surface area (Å²) in [7, 11) is -3.27. The van der Waals surface area contributed by atoms with Crippen LogP contribution in [-0.2, 0) is 16.3 Å². The molecule has 2 aromatic carbocycles. The highest BCUT2D eigenvalue weighted by Crippen LogP contribution is 2.40. The van der Waals surface area contributed by atoms with E-state index >= 15 is 0 Å². The van der Waals surface area contributed by atoms with Gasteiger partial charge in [-0.3, -0.25) is 4.90 Å². The number of piperazine rings is 1. The Bertz CT molecular complexity index is 976. The van der Waals surface area contributed by atoms with Crippen molar-refractivity contribution in [3.8, 4) is 5.75 Å². The molecule has 1 heterocycles. The second-order valence-electron chi connectivity index (χ2n) is 7.29. The van der Waals surface area contributed by atoms with Crippen LogP contribution in [0, 0.1) is 5.82 Å². The highest BCUT2D eigenvalue weighted by Gasteiger charge is 2.40. The van der Waals surface area contributed by atoms with E-state index in [1.165, 1.54) is 24.5 Å². The molecule has 1 aliphatic heterocycles. The van der Waals surface area contributed by atoms with Crippen molar-refractivity contribution in [2.45, 2.75) is 23.5 Å². The zero-order valence-electron chi connectivity index (χ0n) is 15.5. The zero-order chi connectivity index (χ0) is 19.9. The van der Waals surface area contributed by atoms with Gasteiger partial charge in [0, 0.05) is 43.0 Å². The molecule has 1 aliphatic carbocycles. The van der Waals surface area contributed by atoms with Crippen molar-refractivity contribution < 1.29 is 17.5 Å². The van der Waals surface area contributed by atoms with E-state index in [1.54, 1.807) is 18.2 Å². The molecule has 1 saturated heterocycles. The number of hydrogen-bond acceptors (Lipinski definition) is 5. The third-order valence-electron chi connectivity index (χ3n) is 5.40. The Labute approximate surface area is 169 Å². The number of fused-ring (bicyclic) bond motifs is 1. The van der Waals surface area contributed by atoms with Gasteiger partial charge in [0.1, 0.15) is 17.7 Å². The lowest BCUT2D eigenvalue weighted by Gasteiger charge is -2.36. The summed E-state index contributed by atoms with van der Waals surface area (Å²) in [6.45, 7) is 3.49. The summed E-state index contributed by atoms with van der Waals surface area (Å²) in [5.41, 5.74) is 1.41. The van der Waals surface area contributed by atoms with Crippen LogP contribution in [0.4, 0.5) is 4.39 Å². The van der Waals surface area contributed by atoms with Crippen LogP contribution in [0.1, 0.15) is 17.2 Å². The molecule has 4 rings (SSSR count). The number of halogens is 2. The van der Waals surface area contributed by atoms with Gasteiger partial charge in [-0.05, 0) is 48.4 Å². The maximum absolute atomic E-state index is 14.6. The van der Waals surface area contributed by atoms with Gasteiger partial charge in [-0.15, -0.1) is 0 Å². The van der Waals surface area contributed by atoms with E-state index < -0.39 is 9.84 Å². The molecule has 0 amide bonds. The van der Waals surface area contributed by atoms with E-state index in [0.29, 0.717) is 22.8 Å². The minimum absolute atomic E-state index is 0.000323. The first kappa shape index (κ1) is 19.6. The van der Waals surface area contributed by atoms with Crippen LogP contribution < -0.4 is 10.1 Å². The molecule has 0 saturated carbocycles. The van der Waals surface area contributed by atoms with E-state index in [1.807, 2.05) is 0 Å². The molecule has 2 atom stereocenters. The molecule has 0 aromatic heterocycles. The fraction of sp³-hybridized carbons (Fsp3) is 0.400. The van der Waals surface area contributed by atoms with Gasteiger partial charge in [-0.2, -0.15) is 0 Å². The van der Waals surface area contributed by atoms with Gasteiger partial charge in [0.25, 0.3) is 0 Å². The Morgan fingerprint density at radius 1 is 1.18 bits per heavy atom. The summed E-state index contributed by atoms with van der Waals surface area (Å²) in [6, 6.07) is 9.46. The molecule has 1 N–H and O–H groups in total. The first-order valence-electron chi connectivity index (χ1n) is 9.22. The standard InChI is InChI=1S/C20H22ClFN2O3S/c1-28(25,26)15-4-2-14(3-5-15)27-20-17-10-13(21)11-18(22)16(17)12-19(20)24-8-6-23-7-9-24/h2-5,10-11,19-20,23H,6-9,12H2,1H3/t19-,20-/m0/s1. The summed E-state index contributed by atoms with van der Waals surface area (Å²) >= 11 is 6.12. The van der Waals surface area contributed by atoms with Crippen molar-refractivity contribution in [2.24, 2.45) is 0 Å². The lowest BCUT2D eigenvalue weighted by molar-refractivity contribution is 0.0693. The smallest absolute Gasteiger partial charge is 0.175 e. The Kier molecular flexibility index (Phi) is 5.35. The topological polar surface area (TPSA) is 58.6 Å². The normalized spacial score (nSPS) is 22.8. The second-order valence-corrected chi connectivity index (χ2v) is 9.75. The largest absolute Gasteiger partial charge is 0.484 e. The number of sulfone groups is 1. The van der Waals surface area contributed by atoms with Crippen molar-refractivity contribution in [1.29, 1.82) is 0 Å². The van der Waals surface area contributed by atoms with Crippen LogP contribution >= 0.6 is 11.6 Å². The van der Waals surface area contributed by atoms with Crippen molar-refractivity contribution in [2.75, 3.05) is 32.4 Å². The fourth-order valence-corrected chi connectivity index (χ4v) is 4.85. The highest BCUT2D eigenvalue weighted by atomic mass is 35.5. The molecule has 5 nitrogen and oxygen atoms in total. The van der Waals surface area contributed by atoms with Crippen LogP contribution in [0.5, 0.6) is 5.75 Å². The molecule has 0 radical (unpaired) electrons. The number of rotatable bonds is 4. The summed E-state index contributed by atoms with van der Waals surface area (Å²) in [4.78, 5) is 2.55. The maximum atomic E-state index is 14.6. The predicted molar refractivity (Wildman–Crippen MR) is 106 cm³/mol. The Morgan fingerprint density at radius 3 is 2.50 bits per heavy atom. The van der Waals surface area contributed by atoms with Crippen LogP contribution in [0.2, 0.25) is 5.02 Å². The molecular formula is C20H22ClFN2O3S. The summed E-state index contributed by atoms with van der Waals surface area (Å²) in [6.07, 6.45) is 1.36. The Morgan fingerprint density at radius 2 is 1.86 bits per heavy atom. The number of nitrogens with one attached hydrogen (secondary N) is 1. The molecule has 1 fully saturated rings. The molecule has 28 heavy (non-hydrogen) atoms. The molecule has 2 aliphatic rings. The van der Waals surface area contributed by atoms with Gasteiger partial charge in [0.2, 0.25) is 0 Å². The van der Waals surface area contributed by atoms with E-state index in [-0.39, 0.29) is 22.9 Å². The molecule has 150 valence electrons. The maximum Gasteiger partial charge on any atom is 0.175 e. The van der Waals surface area contributed by atoms with Crippen molar-refractivity contribution in [3.63, 3.8) is 0 Å². The molecule has 2 aromatic rings. The van der Waals surface area contributed by atoms with Crippen molar-refractivity contribution in [3.05, 3.63) is 58.4 Å². The van der Waals surface area contributed by atoms with Gasteiger partial charge in [-0.25, -0.2) is 12.8 Å². The average Bonchev–Trinajstić information content (AvgIpc) is 3.01. The van der Waals surface area contributed by atoms with Gasteiger partial charge in [0.15, 0.2) is 9.84 Å². The predicted octanol–water partition coefficient (Wildman–Crippen LogP) is 2.83. The molecule has 8 heteroatoms. The molecule has 0 bridgehead atoms. The van der Waals surface area contributed by atoms with Crippen molar-refractivity contribution >= 4 is 21.4 Å². The number of nitrogens with zero attached hydrogens (tertiary/aromatic N) is 1. The third-order valence-corrected chi connectivity index (χ3v) is 6.75. The lowest BCUT2D eigenvalue weighted by Crippen LogP contribution is -2.50. The monoisotopic (exact) mass is 424 g/mol. The van der Waals surface area contributed by atoms with E-state index in [4.69, 9.17) is 16.3 Å².